The SMILES string of the molecule is Clc1cc(Cl)c(OC(CCc2ccc(Cl)s2)Cn2ccnc2)c(Cl)c1. The summed E-state index contributed by atoms with van der Waals surface area (Å²) in [6.45, 7) is 0.633. The lowest BCUT2D eigenvalue weighted by molar-refractivity contribution is 0.171. The number of thiophene rings is 1. The fourth-order valence-electron chi connectivity index (χ4n) is 2.41. The maximum Gasteiger partial charge on any atom is 0.157 e. The van der Waals surface area contributed by atoms with Crippen LogP contribution < -0.4 is 4.74 Å². The third-order valence-corrected chi connectivity index (χ3v) is 5.63. The minimum atomic E-state index is -0.133. The van der Waals surface area contributed by atoms with Crippen molar-refractivity contribution in [3.05, 3.63) is 67.3 Å². The molecule has 1 atom stereocenters. The Kier molecular flexibility index (Phi) is 6.53. The van der Waals surface area contributed by atoms with Crippen molar-refractivity contribution in [1.82, 2.24) is 9.55 Å². The van der Waals surface area contributed by atoms with E-state index >= 15 is 0 Å². The smallest absolute Gasteiger partial charge is 0.157 e. The number of hydrogen-bond acceptors (Lipinski definition) is 3. The molecule has 0 amide bonds. The van der Waals surface area contributed by atoms with Crippen LogP contribution in [0.4, 0.5) is 0 Å². The van der Waals surface area contributed by atoms with Gasteiger partial charge in [-0.25, -0.2) is 4.98 Å². The van der Waals surface area contributed by atoms with Gasteiger partial charge in [0.15, 0.2) is 5.75 Å². The van der Waals surface area contributed by atoms with Crippen molar-refractivity contribution in [2.45, 2.75) is 25.5 Å². The molecule has 0 aliphatic heterocycles. The van der Waals surface area contributed by atoms with Gasteiger partial charge in [-0.3, -0.25) is 0 Å². The van der Waals surface area contributed by atoms with Crippen LogP contribution in [-0.2, 0) is 13.0 Å². The van der Waals surface area contributed by atoms with E-state index in [1.165, 1.54) is 4.88 Å². The first-order chi connectivity index (χ1) is 12.0. The van der Waals surface area contributed by atoms with Crippen molar-refractivity contribution in [3.63, 3.8) is 0 Å². The molecule has 1 aromatic carbocycles. The van der Waals surface area contributed by atoms with E-state index in [0.717, 1.165) is 17.2 Å². The molecule has 25 heavy (non-hydrogen) atoms. The molecule has 3 aromatic rings. The van der Waals surface area contributed by atoms with E-state index in [2.05, 4.69) is 4.98 Å². The Morgan fingerprint density at radius 1 is 1.12 bits per heavy atom. The zero-order valence-electron chi connectivity index (χ0n) is 13.0. The molecule has 3 nitrogen and oxygen atoms in total. The summed E-state index contributed by atoms with van der Waals surface area (Å²) in [5, 5.41) is 1.27. The van der Waals surface area contributed by atoms with E-state index in [-0.39, 0.29) is 6.10 Å². The van der Waals surface area contributed by atoms with E-state index in [0.29, 0.717) is 27.4 Å². The second-order valence-corrected chi connectivity index (χ2v) is 8.49. The van der Waals surface area contributed by atoms with Crippen LogP contribution in [-0.4, -0.2) is 15.7 Å². The van der Waals surface area contributed by atoms with Gasteiger partial charge in [-0.15, -0.1) is 11.3 Å². The highest BCUT2D eigenvalue weighted by atomic mass is 35.5. The largest absolute Gasteiger partial charge is 0.485 e. The van der Waals surface area contributed by atoms with Gasteiger partial charge < -0.3 is 9.30 Å². The van der Waals surface area contributed by atoms with Gasteiger partial charge in [0.1, 0.15) is 6.10 Å². The number of ether oxygens (including phenoxy) is 1. The Morgan fingerprint density at radius 3 is 2.48 bits per heavy atom. The lowest BCUT2D eigenvalue weighted by Gasteiger charge is -2.21. The summed E-state index contributed by atoms with van der Waals surface area (Å²) in [6.07, 6.45) is 6.88. The summed E-state index contributed by atoms with van der Waals surface area (Å²) in [4.78, 5) is 5.28. The van der Waals surface area contributed by atoms with Crippen LogP contribution in [0.15, 0.2) is 43.0 Å². The number of imidazole rings is 1. The van der Waals surface area contributed by atoms with Gasteiger partial charge in [-0.2, -0.15) is 0 Å². The minimum absolute atomic E-state index is 0.133. The quantitative estimate of drug-likeness (QED) is 0.415. The van der Waals surface area contributed by atoms with Gasteiger partial charge in [-0.1, -0.05) is 46.4 Å². The van der Waals surface area contributed by atoms with Gasteiger partial charge in [0.2, 0.25) is 0 Å². The fourth-order valence-corrected chi connectivity index (χ4v) is 4.42. The Balaban J connectivity index is 1.76. The zero-order valence-corrected chi connectivity index (χ0v) is 16.8. The molecule has 0 aliphatic carbocycles. The maximum atomic E-state index is 6.25. The van der Waals surface area contributed by atoms with Crippen LogP contribution in [0, 0.1) is 0 Å². The molecule has 0 spiro atoms. The topological polar surface area (TPSA) is 27.1 Å². The van der Waals surface area contributed by atoms with Crippen molar-refractivity contribution < 1.29 is 4.74 Å². The zero-order chi connectivity index (χ0) is 17.8. The predicted molar refractivity (Wildman–Crippen MR) is 106 cm³/mol. The highest BCUT2D eigenvalue weighted by Crippen LogP contribution is 2.37. The van der Waals surface area contributed by atoms with Gasteiger partial charge in [-0.05, 0) is 37.1 Å². The maximum absolute atomic E-state index is 6.25. The molecule has 0 saturated carbocycles. The molecule has 0 fully saturated rings. The Bertz CT molecular complexity index is 812. The predicted octanol–water partition coefficient (Wildman–Crippen LogP) is 6.64. The average Bonchev–Trinajstić information content (AvgIpc) is 3.19. The first-order valence-electron chi connectivity index (χ1n) is 7.52. The summed E-state index contributed by atoms with van der Waals surface area (Å²) in [7, 11) is 0. The second kappa shape index (κ2) is 8.65. The van der Waals surface area contributed by atoms with E-state index in [1.54, 1.807) is 36.0 Å². The summed E-state index contributed by atoms with van der Waals surface area (Å²) in [5.74, 6) is 0.446. The summed E-state index contributed by atoms with van der Waals surface area (Å²) in [6, 6.07) is 7.18. The summed E-state index contributed by atoms with van der Waals surface area (Å²) >= 11 is 26.1. The molecule has 0 bridgehead atoms. The van der Waals surface area contributed by atoms with Gasteiger partial charge in [0.05, 0.1) is 27.3 Å². The van der Waals surface area contributed by atoms with Crippen LogP contribution in [0.3, 0.4) is 0 Å². The van der Waals surface area contributed by atoms with E-state index < -0.39 is 0 Å². The van der Waals surface area contributed by atoms with Crippen LogP contribution in [0.1, 0.15) is 11.3 Å². The van der Waals surface area contributed by atoms with Crippen LogP contribution in [0.2, 0.25) is 19.4 Å². The monoisotopic (exact) mass is 434 g/mol. The average molecular weight is 436 g/mol. The second-order valence-electron chi connectivity index (χ2n) is 5.44. The molecule has 0 saturated heterocycles. The third kappa shape index (κ3) is 5.28. The first-order valence-corrected chi connectivity index (χ1v) is 9.85. The molecule has 132 valence electrons. The van der Waals surface area contributed by atoms with E-state index in [9.17, 15) is 0 Å². The molecular weight excluding hydrogens is 422 g/mol. The molecule has 0 aliphatic rings. The normalized spacial score (nSPS) is 12.3. The highest BCUT2D eigenvalue weighted by Gasteiger charge is 2.17. The number of hydrogen-bond donors (Lipinski definition) is 0. The highest BCUT2D eigenvalue weighted by molar-refractivity contribution is 7.16. The summed E-state index contributed by atoms with van der Waals surface area (Å²) < 4.78 is 8.88. The number of aromatic nitrogens is 2. The minimum Gasteiger partial charge on any atom is -0.485 e. The third-order valence-electron chi connectivity index (χ3n) is 3.56. The van der Waals surface area contributed by atoms with Gasteiger partial charge >= 0.3 is 0 Å². The molecule has 1 unspecified atom stereocenters. The lowest BCUT2D eigenvalue weighted by atomic mass is 10.1. The van der Waals surface area contributed by atoms with Crippen LogP contribution >= 0.6 is 57.7 Å². The van der Waals surface area contributed by atoms with Crippen LogP contribution in [0.25, 0.3) is 0 Å². The fraction of sp³-hybridized carbons (Fsp3) is 0.235. The Labute approximate surface area is 170 Å². The molecule has 0 N–H and O–H groups in total. The molecular formula is C17H14Cl4N2OS. The van der Waals surface area contributed by atoms with E-state index in [1.807, 2.05) is 22.9 Å². The van der Waals surface area contributed by atoms with Crippen molar-refractivity contribution in [3.8, 4) is 5.75 Å². The van der Waals surface area contributed by atoms with Crippen molar-refractivity contribution in [1.29, 1.82) is 0 Å². The molecule has 2 aromatic heterocycles. The van der Waals surface area contributed by atoms with Crippen LogP contribution in [0.5, 0.6) is 5.75 Å². The molecule has 8 heteroatoms. The van der Waals surface area contributed by atoms with Crippen molar-refractivity contribution >= 4 is 57.7 Å². The number of halogens is 4. The lowest BCUT2D eigenvalue weighted by Crippen LogP contribution is -2.23. The first kappa shape index (κ1) is 18.9. The number of benzene rings is 1. The molecule has 3 rings (SSSR count). The standard InChI is InChI=1S/C17H14Cl4N2OS/c18-11-7-14(19)17(15(20)8-11)24-12(9-23-6-5-22-10-23)1-2-13-3-4-16(21)25-13/h3-8,10,12H,1-2,9H2. The number of aryl methyl sites for hydroxylation is 1. The van der Waals surface area contributed by atoms with Gasteiger partial charge in [0, 0.05) is 22.3 Å². The van der Waals surface area contributed by atoms with Crippen molar-refractivity contribution in [2.75, 3.05) is 0 Å². The summed E-state index contributed by atoms with van der Waals surface area (Å²) in [5.41, 5.74) is 0. The number of nitrogens with zero attached hydrogens (tertiary/aromatic N) is 2. The Hall–Kier alpha value is -0.910. The Morgan fingerprint density at radius 2 is 1.88 bits per heavy atom. The van der Waals surface area contributed by atoms with E-state index in [4.69, 9.17) is 51.1 Å². The molecule has 2 heterocycles. The van der Waals surface area contributed by atoms with Gasteiger partial charge in [0.25, 0.3) is 0 Å². The molecule has 0 radical (unpaired) electrons. The number of rotatable bonds is 7. The van der Waals surface area contributed by atoms with Crippen molar-refractivity contribution in [2.24, 2.45) is 0 Å².